The van der Waals surface area contributed by atoms with E-state index in [4.69, 9.17) is 9.47 Å². The average molecular weight is 452 g/mol. The largest absolute Gasteiger partial charge is 0.496 e. The fourth-order valence-corrected chi connectivity index (χ4v) is 5.76. The fraction of sp³-hybridized carbons (Fsp3) is 0.429. The summed E-state index contributed by atoms with van der Waals surface area (Å²) < 4.78 is 39.9. The quantitative estimate of drug-likeness (QED) is 0.406. The average Bonchev–Trinajstić information content (AvgIpc) is 2.84. The van der Waals surface area contributed by atoms with Crippen molar-refractivity contribution in [2.24, 2.45) is 11.8 Å². The molecule has 174 valence electrons. The molecule has 0 spiro atoms. The van der Waals surface area contributed by atoms with Crippen molar-refractivity contribution in [1.29, 1.82) is 0 Å². The van der Waals surface area contributed by atoms with Gasteiger partial charge in [0.05, 0.1) is 19.8 Å². The smallest absolute Gasteiger partial charge is 0.256 e. The summed E-state index contributed by atoms with van der Waals surface area (Å²) in [5, 5.41) is 2.40. The molecule has 5 heteroatoms. The second-order valence-electron chi connectivity index (χ2n) is 9.40. The van der Waals surface area contributed by atoms with Crippen molar-refractivity contribution in [2.75, 3.05) is 27.3 Å². The number of piperidine rings is 2. The van der Waals surface area contributed by atoms with Gasteiger partial charge >= 0.3 is 0 Å². The van der Waals surface area contributed by atoms with Gasteiger partial charge in [-0.25, -0.2) is 8.78 Å². The Hall–Kier alpha value is -2.66. The number of ether oxygens (including phenoxy) is 2. The fourth-order valence-electron chi connectivity index (χ4n) is 5.76. The molecule has 1 aliphatic carbocycles. The molecule has 2 aliphatic heterocycles. The number of hydrogen-bond donors (Lipinski definition) is 0. The van der Waals surface area contributed by atoms with E-state index in [-0.39, 0.29) is 0 Å². The van der Waals surface area contributed by atoms with Gasteiger partial charge in [-0.2, -0.15) is 0 Å². The van der Waals surface area contributed by atoms with Gasteiger partial charge in [0, 0.05) is 37.0 Å². The van der Waals surface area contributed by atoms with Crippen LogP contribution in [0, 0.1) is 11.8 Å². The van der Waals surface area contributed by atoms with Gasteiger partial charge in [0.2, 0.25) is 0 Å². The van der Waals surface area contributed by atoms with Crippen LogP contribution in [0.25, 0.3) is 21.9 Å². The van der Waals surface area contributed by atoms with Crippen molar-refractivity contribution in [3.8, 4) is 22.6 Å². The molecule has 3 aliphatic rings. The summed E-state index contributed by atoms with van der Waals surface area (Å²) in [7, 11) is 3.35. The Kier molecular flexibility index (Phi) is 5.77. The summed E-state index contributed by atoms with van der Waals surface area (Å²) >= 11 is 0. The number of nitrogens with zero attached hydrogens (tertiary/aromatic N) is 1. The highest BCUT2D eigenvalue weighted by Crippen LogP contribution is 2.53. The Balaban J connectivity index is 1.58. The van der Waals surface area contributed by atoms with Crippen LogP contribution in [0.15, 0.2) is 48.5 Å². The molecule has 1 saturated carbocycles. The predicted molar refractivity (Wildman–Crippen MR) is 128 cm³/mol. The zero-order chi connectivity index (χ0) is 23.2. The minimum Gasteiger partial charge on any atom is -0.496 e. The van der Waals surface area contributed by atoms with Crippen molar-refractivity contribution in [2.45, 2.75) is 38.7 Å². The lowest BCUT2D eigenvalue weighted by molar-refractivity contribution is -0.227. The van der Waals surface area contributed by atoms with E-state index in [0.29, 0.717) is 26.1 Å². The van der Waals surface area contributed by atoms with E-state index in [2.05, 4.69) is 48.2 Å². The molecule has 3 fully saturated rings. The Morgan fingerprint density at radius 3 is 2.30 bits per heavy atom. The number of rotatable bonds is 7. The maximum atomic E-state index is 14.1. The normalized spacial score (nSPS) is 21.6. The van der Waals surface area contributed by atoms with Crippen LogP contribution in [0.2, 0.25) is 0 Å². The van der Waals surface area contributed by atoms with Gasteiger partial charge in [-0.1, -0.05) is 55.8 Å². The molecule has 3 aromatic carbocycles. The Labute approximate surface area is 194 Å². The van der Waals surface area contributed by atoms with Gasteiger partial charge in [0.15, 0.2) is 0 Å². The molecule has 6 rings (SSSR count). The molecule has 0 N–H and O–H groups in total. The van der Waals surface area contributed by atoms with Crippen LogP contribution in [-0.4, -0.2) is 38.1 Å². The van der Waals surface area contributed by atoms with Gasteiger partial charge in [0.25, 0.3) is 5.92 Å². The Morgan fingerprint density at radius 1 is 0.909 bits per heavy atom. The molecule has 2 bridgehead atoms. The van der Waals surface area contributed by atoms with Crippen molar-refractivity contribution in [3.63, 3.8) is 0 Å². The van der Waals surface area contributed by atoms with E-state index in [1.54, 1.807) is 14.2 Å². The van der Waals surface area contributed by atoms with Crippen molar-refractivity contribution < 1.29 is 18.3 Å². The van der Waals surface area contributed by atoms with E-state index in [1.807, 2.05) is 12.1 Å². The van der Waals surface area contributed by atoms with Gasteiger partial charge in [-0.15, -0.1) is 0 Å². The number of fused-ring (bicyclic) bond motifs is 3. The van der Waals surface area contributed by atoms with Crippen LogP contribution in [-0.2, 0) is 13.0 Å². The molecular formula is C28H31F2NO2. The van der Waals surface area contributed by atoms with Crippen molar-refractivity contribution in [1.82, 2.24) is 4.90 Å². The third-order valence-electron chi connectivity index (χ3n) is 7.43. The molecule has 3 nitrogen and oxygen atoms in total. The van der Waals surface area contributed by atoms with Gasteiger partial charge in [-0.05, 0) is 40.8 Å². The van der Waals surface area contributed by atoms with Crippen LogP contribution in [0.3, 0.4) is 0 Å². The summed E-state index contributed by atoms with van der Waals surface area (Å²) in [6.45, 7) is 3.65. The zero-order valence-corrected chi connectivity index (χ0v) is 19.5. The van der Waals surface area contributed by atoms with Gasteiger partial charge in [-0.3, -0.25) is 4.90 Å². The highest BCUT2D eigenvalue weighted by molar-refractivity contribution is 6.01. The molecule has 2 heterocycles. The standard InChI is InChI=1S/C28H31F2NO2/c1-4-7-18-8-5-10-23-22(18)9-6-11-24(23)26-25(32-2)13-12-19(27(26)33-3)15-31-16-20-14-21(17-31)28(20,29)30/h5-6,8-13,20-21H,4,7,14-17H2,1-3H3. The minimum absolute atomic E-state index is 0.433. The summed E-state index contributed by atoms with van der Waals surface area (Å²) in [4.78, 5) is 2.15. The van der Waals surface area contributed by atoms with Crippen LogP contribution >= 0.6 is 0 Å². The number of hydrogen-bond acceptors (Lipinski definition) is 3. The first-order valence-corrected chi connectivity index (χ1v) is 11.8. The molecule has 2 atom stereocenters. The first-order chi connectivity index (χ1) is 16.0. The molecular weight excluding hydrogens is 420 g/mol. The molecule has 0 radical (unpaired) electrons. The van der Waals surface area contributed by atoms with Crippen LogP contribution in [0.4, 0.5) is 8.78 Å². The third kappa shape index (κ3) is 3.67. The van der Waals surface area contributed by atoms with E-state index < -0.39 is 17.8 Å². The van der Waals surface area contributed by atoms with Crippen LogP contribution in [0.5, 0.6) is 11.5 Å². The van der Waals surface area contributed by atoms with Gasteiger partial charge < -0.3 is 9.47 Å². The predicted octanol–water partition coefficient (Wildman–Crippen LogP) is 6.56. The van der Waals surface area contributed by atoms with Crippen LogP contribution in [0.1, 0.15) is 30.9 Å². The van der Waals surface area contributed by atoms with Crippen molar-refractivity contribution >= 4 is 10.8 Å². The maximum absolute atomic E-state index is 14.1. The summed E-state index contributed by atoms with van der Waals surface area (Å²) in [5.74, 6) is -2.03. The summed E-state index contributed by atoms with van der Waals surface area (Å²) in [5.41, 5.74) is 4.32. The topological polar surface area (TPSA) is 21.7 Å². The summed E-state index contributed by atoms with van der Waals surface area (Å²) in [6, 6.07) is 16.8. The lowest BCUT2D eigenvalue weighted by Crippen LogP contribution is -2.62. The number of aryl methyl sites for hydroxylation is 1. The lowest BCUT2D eigenvalue weighted by atomic mass is 9.67. The molecule has 2 saturated heterocycles. The van der Waals surface area contributed by atoms with E-state index in [9.17, 15) is 8.78 Å². The number of benzene rings is 3. The second-order valence-corrected chi connectivity index (χ2v) is 9.40. The second kappa shape index (κ2) is 8.60. The van der Waals surface area contributed by atoms with E-state index >= 15 is 0 Å². The monoisotopic (exact) mass is 451 g/mol. The maximum Gasteiger partial charge on any atom is 0.256 e. The first kappa shape index (κ1) is 22.1. The number of methoxy groups -OCH3 is 2. The highest BCUT2D eigenvalue weighted by Gasteiger charge is 2.60. The summed E-state index contributed by atoms with van der Waals surface area (Å²) in [6.07, 6.45) is 2.75. The molecule has 2 unspecified atom stereocenters. The SMILES string of the molecule is CCCc1cccc2c(-c3c(OC)ccc(CN4CC5CC(C4)C5(F)F)c3OC)cccc12. The zero-order valence-electron chi connectivity index (χ0n) is 19.5. The van der Waals surface area contributed by atoms with Gasteiger partial charge in [0.1, 0.15) is 11.5 Å². The highest BCUT2D eigenvalue weighted by atomic mass is 19.3. The first-order valence-electron chi connectivity index (χ1n) is 11.8. The molecule has 33 heavy (non-hydrogen) atoms. The van der Waals surface area contributed by atoms with E-state index in [0.717, 1.165) is 46.4 Å². The Bertz CT molecular complexity index is 1160. The molecule has 0 aromatic heterocycles. The third-order valence-corrected chi connectivity index (χ3v) is 7.43. The van der Waals surface area contributed by atoms with E-state index in [1.165, 1.54) is 10.9 Å². The molecule has 0 amide bonds. The number of alkyl halides is 2. The minimum atomic E-state index is -2.50. The lowest BCUT2D eigenvalue weighted by Gasteiger charge is -2.53. The van der Waals surface area contributed by atoms with Crippen molar-refractivity contribution in [3.05, 3.63) is 59.7 Å². The number of halogens is 2. The Morgan fingerprint density at radius 2 is 1.64 bits per heavy atom. The van der Waals surface area contributed by atoms with Crippen LogP contribution < -0.4 is 9.47 Å². The molecule has 3 aromatic rings.